The lowest BCUT2D eigenvalue weighted by molar-refractivity contribution is 0.351. The number of rotatable bonds is 1. The molecule has 3 heteroatoms. The highest BCUT2D eigenvalue weighted by molar-refractivity contribution is 5.50. The summed E-state index contributed by atoms with van der Waals surface area (Å²) in [6.07, 6.45) is 0. The second kappa shape index (κ2) is 4.06. The number of aryl methyl sites for hydroxylation is 1. The number of piperazine rings is 1. The quantitative estimate of drug-likeness (QED) is 0.784. The molecule has 2 rings (SSSR count). The van der Waals surface area contributed by atoms with Crippen LogP contribution in [0.2, 0.25) is 0 Å². The van der Waals surface area contributed by atoms with Crippen LogP contribution in [-0.2, 0) is 0 Å². The molecule has 1 aromatic carbocycles. The number of nitrogens with one attached hydrogen (secondary N) is 1. The maximum atomic E-state index is 13.7. The Morgan fingerprint density at radius 1 is 1.38 bits per heavy atom. The van der Waals surface area contributed by atoms with E-state index in [1.54, 1.807) is 6.07 Å². The maximum absolute atomic E-state index is 13.7. The SMILES string of the molecule is Cc1ccc(F)c(N2CCNC(C)(C)C2)c1. The molecule has 1 aliphatic heterocycles. The Morgan fingerprint density at radius 2 is 2.12 bits per heavy atom. The Balaban J connectivity index is 2.26. The van der Waals surface area contributed by atoms with Crippen LogP contribution in [0.3, 0.4) is 0 Å². The molecule has 0 aromatic heterocycles. The summed E-state index contributed by atoms with van der Waals surface area (Å²) in [5, 5.41) is 3.43. The third-order valence-electron chi connectivity index (χ3n) is 3.01. The van der Waals surface area contributed by atoms with E-state index in [2.05, 4.69) is 24.1 Å². The molecule has 0 radical (unpaired) electrons. The number of halogens is 1. The summed E-state index contributed by atoms with van der Waals surface area (Å²) in [5.74, 6) is -0.122. The minimum Gasteiger partial charge on any atom is -0.366 e. The zero-order chi connectivity index (χ0) is 11.8. The highest BCUT2D eigenvalue weighted by Gasteiger charge is 2.26. The Labute approximate surface area is 96.5 Å². The summed E-state index contributed by atoms with van der Waals surface area (Å²) in [6.45, 7) is 8.90. The van der Waals surface area contributed by atoms with Gasteiger partial charge in [0.15, 0.2) is 0 Å². The first-order valence-corrected chi connectivity index (χ1v) is 5.74. The van der Waals surface area contributed by atoms with Gasteiger partial charge in [0.2, 0.25) is 0 Å². The number of hydrogen-bond acceptors (Lipinski definition) is 2. The second-order valence-corrected chi connectivity index (χ2v) is 5.19. The van der Waals surface area contributed by atoms with Crippen LogP contribution in [0.25, 0.3) is 0 Å². The van der Waals surface area contributed by atoms with Crippen molar-refractivity contribution in [1.29, 1.82) is 0 Å². The predicted molar refractivity (Wildman–Crippen MR) is 65.4 cm³/mol. The zero-order valence-electron chi connectivity index (χ0n) is 10.2. The predicted octanol–water partition coefficient (Wildman–Crippen LogP) is 2.32. The molecule has 2 nitrogen and oxygen atoms in total. The van der Waals surface area contributed by atoms with Crippen molar-refractivity contribution >= 4 is 5.69 Å². The monoisotopic (exact) mass is 222 g/mol. The van der Waals surface area contributed by atoms with Gasteiger partial charge in [-0.1, -0.05) is 6.07 Å². The minimum atomic E-state index is -0.122. The van der Waals surface area contributed by atoms with E-state index in [1.165, 1.54) is 0 Å². The Kier molecular flexibility index (Phi) is 2.89. The van der Waals surface area contributed by atoms with Crippen molar-refractivity contribution in [2.24, 2.45) is 0 Å². The van der Waals surface area contributed by atoms with Gasteiger partial charge in [-0.05, 0) is 38.5 Å². The molecule has 16 heavy (non-hydrogen) atoms. The molecule has 1 aliphatic rings. The number of hydrogen-bond donors (Lipinski definition) is 1. The second-order valence-electron chi connectivity index (χ2n) is 5.19. The molecule has 1 fully saturated rings. The first kappa shape index (κ1) is 11.4. The topological polar surface area (TPSA) is 15.3 Å². The summed E-state index contributed by atoms with van der Waals surface area (Å²) in [5.41, 5.74) is 1.89. The van der Waals surface area contributed by atoms with Crippen LogP contribution in [0.5, 0.6) is 0 Å². The molecule has 0 bridgehead atoms. The lowest BCUT2D eigenvalue weighted by atomic mass is 10.0. The van der Waals surface area contributed by atoms with E-state index in [0.717, 1.165) is 30.9 Å². The molecule has 1 heterocycles. The van der Waals surface area contributed by atoms with Gasteiger partial charge in [0.25, 0.3) is 0 Å². The fourth-order valence-electron chi connectivity index (χ4n) is 2.21. The van der Waals surface area contributed by atoms with E-state index >= 15 is 0 Å². The number of benzene rings is 1. The van der Waals surface area contributed by atoms with Crippen LogP contribution >= 0.6 is 0 Å². The van der Waals surface area contributed by atoms with Gasteiger partial charge in [-0.25, -0.2) is 4.39 Å². The lowest BCUT2D eigenvalue weighted by Crippen LogP contribution is -2.57. The largest absolute Gasteiger partial charge is 0.366 e. The summed E-state index contributed by atoms with van der Waals surface area (Å²) in [7, 11) is 0. The summed E-state index contributed by atoms with van der Waals surface area (Å²) >= 11 is 0. The van der Waals surface area contributed by atoms with Crippen molar-refractivity contribution in [3.8, 4) is 0 Å². The zero-order valence-corrected chi connectivity index (χ0v) is 10.2. The van der Waals surface area contributed by atoms with Gasteiger partial charge in [-0.3, -0.25) is 0 Å². The highest BCUT2D eigenvalue weighted by atomic mass is 19.1. The van der Waals surface area contributed by atoms with E-state index in [1.807, 2.05) is 19.1 Å². The molecule has 0 spiro atoms. The van der Waals surface area contributed by atoms with Gasteiger partial charge in [0, 0.05) is 25.2 Å². The first-order valence-electron chi connectivity index (χ1n) is 5.74. The van der Waals surface area contributed by atoms with Gasteiger partial charge in [0.05, 0.1) is 5.69 Å². The standard InChI is InChI=1S/C13H19FN2/c1-10-4-5-11(14)12(8-10)16-7-6-15-13(2,3)9-16/h4-5,8,15H,6-7,9H2,1-3H3. The molecule has 1 saturated heterocycles. The van der Waals surface area contributed by atoms with E-state index in [-0.39, 0.29) is 11.4 Å². The van der Waals surface area contributed by atoms with Crippen LogP contribution in [0.1, 0.15) is 19.4 Å². The molecule has 0 saturated carbocycles. The van der Waals surface area contributed by atoms with Crippen LogP contribution in [-0.4, -0.2) is 25.2 Å². The summed E-state index contributed by atoms with van der Waals surface area (Å²) in [6, 6.07) is 5.29. The normalized spacial score (nSPS) is 19.9. The van der Waals surface area contributed by atoms with Gasteiger partial charge in [-0.15, -0.1) is 0 Å². The third-order valence-corrected chi connectivity index (χ3v) is 3.01. The molecular formula is C13H19FN2. The Hall–Kier alpha value is -1.09. The van der Waals surface area contributed by atoms with Crippen LogP contribution in [0, 0.1) is 12.7 Å². The Bertz CT molecular complexity index is 388. The Morgan fingerprint density at radius 3 is 2.81 bits per heavy atom. The lowest BCUT2D eigenvalue weighted by Gasteiger charge is -2.40. The van der Waals surface area contributed by atoms with Crippen molar-refractivity contribution in [3.63, 3.8) is 0 Å². The van der Waals surface area contributed by atoms with E-state index in [0.29, 0.717) is 0 Å². The maximum Gasteiger partial charge on any atom is 0.146 e. The molecule has 1 N–H and O–H groups in total. The van der Waals surface area contributed by atoms with E-state index in [9.17, 15) is 4.39 Å². The van der Waals surface area contributed by atoms with Crippen molar-refractivity contribution in [2.75, 3.05) is 24.5 Å². The average Bonchev–Trinajstić information content (AvgIpc) is 2.20. The summed E-state index contributed by atoms with van der Waals surface area (Å²) in [4.78, 5) is 2.12. The highest BCUT2D eigenvalue weighted by Crippen LogP contribution is 2.24. The molecule has 1 aromatic rings. The fourth-order valence-corrected chi connectivity index (χ4v) is 2.21. The molecule has 0 aliphatic carbocycles. The number of anilines is 1. The van der Waals surface area contributed by atoms with Gasteiger partial charge < -0.3 is 10.2 Å². The van der Waals surface area contributed by atoms with Crippen molar-refractivity contribution < 1.29 is 4.39 Å². The molecule has 0 atom stereocenters. The van der Waals surface area contributed by atoms with E-state index in [4.69, 9.17) is 0 Å². The van der Waals surface area contributed by atoms with Crippen LogP contribution in [0.15, 0.2) is 18.2 Å². The minimum absolute atomic E-state index is 0.0500. The number of nitrogens with zero attached hydrogens (tertiary/aromatic N) is 1. The molecular weight excluding hydrogens is 203 g/mol. The van der Waals surface area contributed by atoms with Crippen molar-refractivity contribution in [3.05, 3.63) is 29.6 Å². The molecule has 0 unspecified atom stereocenters. The molecule has 0 amide bonds. The van der Waals surface area contributed by atoms with Gasteiger partial charge in [-0.2, -0.15) is 0 Å². The average molecular weight is 222 g/mol. The van der Waals surface area contributed by atoms with E-state index < -0.39 is 0 Å². The van der Waals surface area contributed by atoms with Crippen molar-refractivity contribution in [2.45, 2.75) is 26.3 Å². The molecule has 88 valence electrons. The van der Waals surface area contributed by atoms with Gasteiger partial charge in [0.1, 0.15) is 5.82 Å². The third kappa shape index (κ3) is 2.35. The summed E-state index contributed by atoms with van der Waals surface area (Å²) < 4.78 is 13.7. The van der Waals surface area contributed by atoms with Gasteiger partial charge >= 0.3 is 0 Å². The van der Waals surface area contributed by atoms with Crippen molar-refractivity contribution in [1.82, 2.24) is 5.32 Å². The fraction of sp³-hybridized carbons (Fsp3) is 0.538. The first-order chi connectivity index (χ1) is 7.48. The van der Waals surface area contributed by atoms with Crippen LogP contribution < -0.4 is 10.2 Å². The smallest absolute Gasteiger partial charge is 0.146 e. The van der Waals surface area contributed by atoms with Crippen LogP contribution in [0.4, 0.5) is 10.1 Å².